The van der Waals surface area contributed by atoms with E-state index in [2.05, 4.69) is 47.7 Å². The zero-order valence-corrected chi connectivity index (χ0v) is 15.1. The van der Waals surface area contributed by atoms with Gasteiger partial charge in [-0.05, 0) is 58.4 Å². The number of rotatable bonds is 2. The predicted octanol–water partition coefficient (Wildman–Crippen LogP) is 4.11. The molecule has 118 valence electrons. The van der Waals surface area contributed by atoms with Crippen molar-refractivity contribution in [1.82, 2.24) is 4.90 Å². The summed E-state index contributed by atoms with van der Waals surface area (Å²) in [6.45, 7) is 7.88. The number of halogens is 1. The van der Waals surface area contributed by atoms with Crippen molar-refractivity contribution in [2.24, 2.45) is 5.73 Å². The molecule has 0 radical (unpaired) electrons. The Bertz CT molecular complexity index is 484. The van der Waals surface area contributed by atoms with E-state index in [9.17, 15) is 0 Å². The molecule has 1 aliphatic rings. The second-order valence-corrected chi connectivity index (χ2v) is 7.77. The summed E-state index contributed by atoms with van der Waals surface area (Å²) >= 11 is 3.59. The van der Waals surface area contributed by atoms with Crippen LogP contribution in [0.3, 0.4) is 0 Å². The average molecular weight is 355 g/mol. The number of nitrogens with zero attached hydrogens (tertiary/aromatic N) is 1. The quantitative estimate of drug-likeness (QED) is 0.868. The van der Waals surface area contributed by atoms with Crippen LogP contribution in [0.4, 0.5) is 0 Å². The van der Waals surface area contributed by atoms with Gasteiger partial charge in [0.25, 0.3) is 0 Å². The van der Waals surface area contributed by atoms with Crippen LogP contribution in [0.2, 0.25) is 0 Å². The monoisotopic (exact) mass is 354 g/mol. The molecule has 1 aromatic carbocycles. The fraction of sp³-hybridized carbons (Fsp3) is 0.647. The molecule has 21 heavy (non-hydrogen) atoms. The number of likely N-dealkylation sites (tertiary alicyclic amines) is 1. The van der Waals surface area contributed by atoms with E-state index in [-0.39, 0.29) is 17.6 Å². The average Bonchev–Trinajstić information content (AvgIpc) is 2.60. The highest BCUT2D eigenvalue weighted by atomic mass is 79.9. The van der Waals surface area contributed by atoms with Crippen molar-refractivity contribution in [2.45, 2.75) is 57.7 Å². The summed E-state index contributed by atoms with van der Waals surface area (Å²) in [7, 11) is 1.73. The van der Waals surface area contributed by atoms with Crippen LogP contribution in [-0.2, 0) is 0 Å². The number of ether oxygens (including phenoxy) is 1. The first-order valence-electron chi connectivity index (χ1n) is 7.70. The van der Waals surface area contributed by atoms with Crippen molar-refractivity contribution in [3.63, 3.8) is 0 Å². The van der Waals surface area contributed by atoms with Gasteiger partial charge < -0.3 is 10.5 Å². The lowest BCUT2D eigenvalue weighted by molar-refractivity contribution is 0.0741. The Morgan fingerprint density at radius 1 is 1.29 bits per heavy atom. The van der Waals surface area contributed by atoms with Gasteiger partial charge in [-0.2, -0.15) is 0 Å². The second-order valence-electron chi connectivity index (χ2n) is 6.85. The van der Waals surface area contributed by atoms with E-state index in [1.54, 1.807) is 7.11 Å². The fourth-order valence-corrected chi connectivity index (χ4v) is 3.66. The largest absolute Gasteiger partial charge is 0.496 e. The first kappa shape index (κ1) is 16.8. The molecule has 0 bridgehead atoms. The minimum absolute atomic E-state index is 0.0833. The fourth-order valence-electron chi connectivity index (χ4n) is 3.28. The molecule has 1 aromatic rings. The number of hydrogen-bond acceptors (Lipinski definition) is 3. The molecule has 2 atom stereocenters. The Labute approximate surface area is 137 Å². The van der Waals surface area contributed by atoms with Crippen molar-refractivity contribution >= 4 is 15.9 Å². The van der Waals surface area contributed by atoms with Crippen LogP contribution in [0, 0.1) is 0 Å². The van der Waals surface area contributed by atoms with Crippen LogP contribution in [0.1, 0.15) is 51.6 Å². The van der Waals surface area contributed by atoms with Crippen LogP contribution < -0.4 is 10.5 Å². The zero-order chi connectivity index (χ0) is 15.6. The lowest BCUT2D eigenvalue weighted by atomic mass is 9.92. The Kier molecular flexibility index (Phi) is 5.33. The lowest BCUT2D eigenvalue weighted by Gasteiger charge is -2.43. The maximum Gasteiger partial charge on any atom is 0.123 e. The van der Waals surface area contributed by atoms with Crippen molar-refractivity contribution in [2.75, 3.05) is 13.7 Å². The van der Waals surface area contributed by atoms with Gasteiger partial charge in [0.2, 0.25) is 0 Å². The van der Waals surface area contributed by atoms with Crippen molar-refractivity contribution in [3.05, 3.63) is 28.2 Å². The van der Waals surface area contributed by atoms with Gasteiger partial charge in [0.05, 0.1) is 13.2 Å². The highest BCUT2D eigenvalue weighted by Crippen LogP contribution is 2.39. The van der Waals surface area contributed by atoms with Gasteiger partial charge in [-0.15, -0.1) is 0 Å². The molecule has 0 spiro atoms. The molecule has 4 heteroatoms. The van der Waals surface area contributed by atoms with Gasteiger partial charge in [-0.3, -0.25) is 4.90 Å². The van der Waals surface area contributed by atoms with E-state index in [1.165, 1.54) is 18.4 Å². The number of hydrogen-bond donors (Lipinski definition) is 1. The molecule has 2 unspecified atom stereocenters. The Morgan fingerprint density at radius 2 is 2.00 bits per heavy atom. The van der Waals surface area contributed by atoms with E-state index < -0.39 is 0 Å². The third-order valence-electron chi connectivity index (χ3n) is 4.30. The molecule has 2 rings (SSSR count). The summed E-state index contributed by atoms with van der Waals surface area (Å²) in [5.74, 6) is 0.926. The molecule has 0 amide bonds. The molecule has 0 aromatic heterocycles. The highest BCUT2D eigenvalue weighted by molar-refractivity contribution is 9.10. The van der Waals surface area contributed by atoms with Gasteiger partial charge >= 0.3 is 0 Å². The molecule has 1 aliphatic heterocycles. The normalized spacial score (nSPS) is 24.7. The van der Waals surface area contributed by atoms with Crippen molar-refractivity contribution < 1.29 is 4.74 Å². The molecular weight excluding hydrogens is 328 g/mol. The van der Waals surface area contributed by atoms with Crippen LogP contribution >= 0.6 is 15.9 Å². The molecule has 0 saturated carbocycles. The minimum atomic E-state index is 0.0833. The minimum Gasteiger partial charge on any atom is -0.496 e. The van der Waals surface area contributed by atoms with Gasteiger partial charge in [0.15, 0.2) is 0 Å². The van der Waals surface area contributed by atoms with Gasteiger partial charge in [0.1, 0.15) is 5.75 Å². The first-order valence-corrected chi connectivity index (χ1v) is 8.49. The zero-order valence-electron chi connectivity index (χ0n) is 13.5. The molecule has 2 N–H and O–H groups in total. The summed E-state index contributed by atoms with van der Waals surface area (Å²) < 4.78 is 6.67. The number of methoxy groups -OCH3 is 1. The Balaban J connectivity index is 2.51. The summed E-state index contributed by atoms with van der Waals surface area (Å²) in [6.07, 6.45) is 3.46. The second kappa shape index (κ2) is 6.67. The highest BCUT2D eigenvalue weighted by Gasteiger charge is 2.36. The summed E-state index contributed by atoms with van der Waals surface area (Å²) in [6, 6.07) is 6.53. The van der Waals surface area contributed by atoms with E-state index in [4.69, 9.17) is 10.5 Å². The standard InChI is InChI=1S/C17H27BrN2O/c1-17(2,3)20-10-6-5-7-14(19)16(20)13-11-12(18)8-9-15(13)21-4/h8-9,11,14,16H,5-7,10,19H2,1-4H3. The smallest absolute Gasteiger partial charge is 0.123 e. The van der Waals surface area contributed by atoms with Crippen molar-refractivity contribution in [1.29, 1.82) is 0 Å². The van der Waals surface area contributed by atoms with E-state index in [1.807, 2.05) is 12.1 Å². The van der Waals surface area contributed by atoms with Crippen LogP contribution in [-0.4, -0.2) is 30.1 Å². The van der Waals surface area contributed by atoms with E-state index >= 15 is 0 Å². The summed E-state index contributed by atoms with van der Waals surface area (Å²) in [5, 5.41) is 0. The van der Waals surface area contributed by atoms with Gasteiger partial charge in [-0.25, -0.2) is 0 Å². The third kappa shape index (κ3) is 3.79. The number of benzene rings is 1. The number of nitrogens with two attached hydrogens (primary N) is 1. The molecular formula is C17H27BrN2O. The summed E-state index contributed by atoms with van der Waals surface area (Å²) in [5.41, 5.74) is 7.83. The van der Waals surface area contributed by atoms with E-state index in [0.717, 1.165) is 23.2 Å². The van der Waals surface area contributed by atoms with Crippen LogP contribution in [0.5, 0.6) is 5.75 Å². The van der Waals surface area contributed by atoms with Gasteiger partial charge in [0, 0.05) is 21.6 Å². The topological polar surface area (TPSA) is 38.5 Å². The van der Waals surface area contributed by atoms with Crippen molar-refractivity contribution in [3.8, 4) is 5.75 Å². The predicted molar refractivity (Wildman–Crippen MR) is 91.7 cm³/mol. The lowest BCUT2D eigenvalue weighted by Crippen LogP contribution is -2.49. The molecule has 3 nitrogen and oxygen atoms in total. The Hall–Kier alpha value is -0.580. The summed E-state index contributed by atoms with van der Waals surface area (Å²) in [4.78, 5) is 2.54. The van der Waals surface area contributed by atoms with Crippen LogP contribution in [0.25, 0.3) is 0 Å². The molecule has 0 aliphatic carbocycles. The first-order chi connectivity index (χ1) is 9.84. The third-order valence-corrected chi connectivity index (χ3v) is 4.79. The Morgan fingerprint density at radius 3 is 2.62 bits per heavy atom. The van der Waals surface area contributed by atoms with Gasteiger partial charge in [-0.1, -0.05) is 22.4 Å². The van der Waals surface area contributed by atoms with E-state index in [0.29, 0.717) is 0 Å². The SMILES string of the molecule is COc1ccc(Br)cc1C1C(N)CCCCN1C(C)(C)C. The molecule has 1 saturated heterocycles. The van der Waals surface area contributed by atoms with Crippen LogP contribution in [0.15, 0.2) is 22.7 Å². The molecule has 1 heterocycles. The molecule has 1 fully saturated rings. The maximum atomic E-state index is 6.56. The maximum absolute atomic E-state index is 6.56.